The topological polar surface area (TPSA) is 46.8 Å². The highest BCUT2D eigenvalue weighted by Gasteiger charge is 2.21. The van der Waals surface area contributed by atoms with E-state index in [2.05, 4.69) is 27.3 Å². The Balaban J connectivity index is 1.48. The first kappa shape index (κ1) is 17.0. The van der Waals surface area contributed by atoms with Crippen LogP contribution in [0.25, 0.3) is 0 Å². The molecule has 0 N–H and O–H groups in total. The standard InChI is InChI=1S/C18H26FN5/c1-2-3-9-24-18(20-21-22-24)14-23-10-7-15(8-11-23)12-16-5-4-6-17(19)13-16/h4-6,13,15H,2-3,7-12,14H2,1H3. The summed E-state index contributed by atoms with van der Waals surface area (Å²) >= 11 is 0. The number of aryl methyl sites for hydroxylation is 1. The molecule has 130 valence electrons. The number of piperidine rings is 1. The summed E-state index contributed by atoms with van der Waals surface area (Å²) in [6.45, 7) is 6.01. The smallest absolute Gasteiger partial charge is 0.165 e. The fourth-order valence-electron chi connectivity index (χ4n) is 3.36. The minimum absolute atomic E-state index is 0.135. The molecule has 0 aliphatic carbocycles. The number of aromatic nitrogens is 4. The zero-order valence-electron chi connectivity index (χ0n) is 14.4. The van der Waals surface area contributed by atoms with Gasteiger partial charge in [0, 0.05) is 6.54 Å². The van der Waals surface area contributed by atoms with Crippen molar-refractivity contribution in [2.75, 3.05) is 13.1 Å². The molecule has 0 atom stereocenters. The molecule has 24 heavy (non-hydrogen) atoms. The van der Waals surface area contributed by atoms with Crippen LogP contribution in [0, 0.1) is 11.7 Å². The zero-order valence-corrected chi connectivity index (χ0v) is 14.4. The third-order valence-electron chi connectivity index (χ3n) is 4.82. The molecule has 1 aromatic carbocycles. The second kappa shape index (κ2) is 8.33. The van der Waals surface area contributed by atoms with Gasteiger partial charge in [0.25, 0.3) is 0 Å². The molecule has 2 aromatic rings. The number of halogens is 1. The molecule has 5 nitrogen and oxygen atoms in total. The molecular formula is C18H26FN5. The molecule has 1 fully saturated rings. The van der Waals surface area contributed by atoms with E-state index in [1.165, 1.54) is 6.07 Å². The highest BCUT2D eigenvalue weighted by Crippen LogP contribution is 2.22. The number of benzene rings is 1. The molecule has 6 heteroatoms. The van der Waals surface area contributed by atoms with Crippen LogP contribution < -0.4 is 0 Å². The van der Waals surface area contributed by atoms with Crippen LogP contribution in [0.15, 0.2) is 24.3 Å². The van der Waals surface area contributed by atoms with Crippen molar-refractivity contribution in [2.24, 2.45) is 5.92 Å². The normalized spacial score (nSPS) is 16.6. The molecule has 0 radical (unpaired) electrons. The monoisotopic (exact) mass is 331 g/mol. The van der Waals surface area contributed by atoms with Crippen LogP contribution in [-0.2, 0) is 19.5 Å². The van der Waals surface area contributed by atoms with E-state index in [-0.39, 0.29) is 5.82 Å². The minimum atomic E-state index is -0.135. The summed E-state index contributed by atoms with van der Waals surface area (Å²) in [5, 5.41) is 12.1. The molecule has 0 amide bonds. The first-order valence-corrected chi connectivity index (χ1v) is 8.96. The summed E-state index contributed by atoms with van der Waals surface area (Å²) in [4.78, 5) is 2.43. The third kappa shape index (κ3) is 4.60. The summed E-state index contributed by atoms with van der Waals surface area (Å²) in [6, 6.07) is 7.00. The predicted octanol–water partition coefficient (Wildman–Crippen LogP) is 3.07. The van der Waals surface area contributed by atoms with Gasteiger partial charge in [-0.15, -0.1) is 5.10 Å². The fraction of sp³-hybridized carbons (Fsp3) is 0.611. The van der Waals surface area contributed by atoms with Crippen molar-refractivity contribution in [1.29, 1.82) is 0 Å². The highest BCUT2D eigenvalue weighted by atomic mass is 19.1. The van der Waals surface area contributed by atoms with Crippen molar-refractivity contribution < 1.29 is 4.39 Å². The van der Waals surface area contributed by atoms with Crippen LogP contribution in [-0.4, -0.2) is 38.2 Å². The second-order valence-electron chi connectivity index (χ2n) is 6.73. The molecule has 0 unspecified atom stereocenters. The molecule has 1 saturated heterocycles. The maximum absolute atomic E-state index is 13.3. The Labute approximate surface area is 142 Å². The van der Waals surface area contributed by atoms with Gasteiger partial charge in [-0.1, -0.05) is 25.5 Å². The van der Waals surface area contributed by atoms with Crippen molar-refractivity contribution in [2.45, 2.75) is 52.1 Å². The van der Waals surface area contributed by atoms with Gasteiger partial charge >= 0.3 is 0 Å². The molecule has 3 rings (SSSR count). The van der Waals surface area contributed by atoms with E-state index < -0.39 is 0 Å². The van der Waals surface area contributed by atoms with Crippen molar-refractivity contribution in [3.63, 3.8) is 0 Å². The van der Waals surface area contributed by atoms with Crippen molar-refractivity contribution in [3.05, 3.63) is 41.5 Å². The maximum atomic E-state index is 13.3. The molecule has 1 aromatic heterocycles. The van der Waals surface area contributed by atoms with Gasteiger partial charge in [0.05, 0.1) is 6.54 Å². The Hall–Kier alpha value is -1.82. The quantitative estimate of drug-likeness (QED) is 0.782. The van der Waals surface area contributed by atoms with Gasteiger partial charge in [-0.25, -0.2) is 9.07 Å². The molecule has 0 spiro atoms. The van der Waals surface area contributed by atoms with Gasteiger partial charge in [0.15, 0.2) is 5.82 Å². The summed E-state index contributed by atoms with van der Waals surface area (Å²) in [7, 11) is 0. The lowest BCUT2D eigenvalue weighted by Crippen LogP contribution is -2.34. The van der Waals surface area contributed by atoms with Crippen LogP contribution >= 0.6 is 0 Å². The second-order valence-corrected chi connectivity index (χ2v) is 6.73. The van der Waals surface area contributed by atoms with E-state index in [0.29, 0.717) is 5.92 Å². The number of unbranched alkanes of at least 4 members (excludes halogenated alkanes) is 1. The number of hydrogen-bond donors (Lipinski definition) is 0. The number of rotatable bonds is 7. The van der Waals surface area contributed by atoms with Crippen LogP contribution in [0.1, 0.15) is 44.0 Å². The van der Waals surface area contributed by atoms with E-state index in [9.17, 15) is 4.39 Å². The van der Waals surface area contributed by atoms with Crippen molar-refractivity contribution in [3.8, 4) is 0 Å². The van der Waals surface area contributed by atoms with Gasteiger partial charge in [0.1, 0.15) is 5.82 Å². The van der Waals surface area contributed by atoms with Crippen LogP contribution in [0.2, 0.25) is 0 Å². The van der Waals surface area contributed by atoms with Gasteiger partial charge in [-0.05, 0) is 72.8 Å². The lowest BCUT2D eigenvalue weighted by Gasteiger charge is -2.31. The predicted molar refractivity (Wildman–Crippen MR) is 90.8 cm³/mol. The summed E-state index contributed by atoms with van der Waals surface area (Å²) in [5.74, 6) is 1.47. The molecular weight excluding hydrogens is 305 g/mol. The SMILES string of the molecule is CCCCn1nnnc1CN1CCC(Cc2cccc(F)c2)CC1. The average Bonchev–Trinajstić information content (AvgIpc) is 3.02. The number of nitrogens with zero attached hydrogens (tertiary/aromatic N) is 5. The fourth-order valence-corrected chi connectivity index (χ4v) is 3.36. The van der Waals surface area contributed by atoms with Gasteiger partial charge < -0.3 is 0 Å². The van der Waals surface area contributed by atoms with E-state index in [0.717, 1.165) is 69.7 Å². The molecule has 0 bridgehead atoms. The van der Waals surface area contributed by atoms with Crippen LogP contribution in [0.3, 0.4) is 0 Å². The lowest BCUT2D eigenvalue weighted by molar-refractivity contribution is 0.170. The zero-order chi connectivity index (χ0) is 16.8. The Morgan fingerprint density at radius 1 is 1.25 bits per heavy atom. The van der Waals surface area contributed by atoms with Gasteiger partial charge in [0.2, 0.25) is 0 Å². The first-order valence-electron chi connectivity index (χ1n) is 8.96. The third-order valence-corrected chi connectivity index (χ3v) is 4.82. The summed E-state index contributed by atoms with van der Waals surface area (Å²) < 4.78 is 15.2. The van der Waals surface area contributed by atoms with Gasteiger partial charge in [-0.3, -0.25) is 4.90 Å². The molecule has 0 saturated carbocycles. The van der Waals surface area contributed by atoms with Gasteiger partial charge in [-0.2, -0.15) is 0 Å². The Morgan fingerprint density at radius 3 is 2.83 bits per heavy atom. The largest absolute Gasteiger partial charge is 0.296 e. The molecule has 1 aliphatic rings. The lowest BCUT2D eigenvalue weighted by atomic mass is 9.90. The van der Waals surface area contributed by atoms with Crippen LogP contribution in [0.4, 0.5) is 4.39 Å². The van der Waals surface area contributed by atoms with E-state index in [1.54, 1.807) is 12.1 Å². The van der Waals surface area contributed by atoms with E-state index in [1.807, 2.05) is 10.7 Å². The number of likely N-dealkylation sites (tertiary alicyclic amines) is 1. The molecule has 2 heterocycles. The summed E-state index contributed by atoms with van der Waals surface area (Å²) in [6.07, 6.45) is 5.51. The highest BCUT2D eigenvalue weighted by molar-refractivity contribution is 5.17. The molecule has 1 aliphatic heterocycles. The summed E-state index contributed by atoms with van der Waals surface area (Å²) in [5.41, 5.74) is 1.11. The number of tetrazole rings is 1. The Bertz CT molecular complexity index is 634. The van der Waals surface area contributed by atoms with E-state index in [4.69, 9.17) is 0 Å². The van der Waals surface area contributed by atoms with Crippen LogP contribution in [0.5, 0.6) is 0 Å². The Morgan fingerprint density at radius 2 is 2.08 bits per heavy atom. The van der Waals surface area contributed by atoms with E-state index >= 15 is 0 Å². The first-order chi connectivity index (χ1) is 11.7. The number of hydrogen-bond acceptors (Lipinski definition) is 4. The Kier molecular flexibility index (Phi) is 5.91. The van der Waals surface area contributed by atoms with Crippen molar-refractivity contribution >= 4 is 0 Å². The minimum Gasteiger partial charge on any atom is -0.296 e. The average molecular weight is 331 g/mol. The van der Waals surface area contributed by atoms with Crippen molar-refractivity contribution in [1.82, 2.24) is 25.1 Å². The maximum Gasteiger partial charge on any atom is 0.165 e.